The van der Waals surface area contributed by atoms with Gasteiger partial charge in [-0.2, -0.15) is 10.2 Å². The first-order valence-corrected chi connectivity index (χ1v) is 22.9. The van der Waals surface area contributed by atoms with E-state index >= 15 is 0 Å². The van der Waals surface area contributed by atoms with Crippen molar-refractivity contribution >= 4 is 58.3 Å². The molecule has 19 nitrogen and oxygen atoms in total. The van der Waals surface area contributed by atoms with Gasteiger partial charge in [0.2, 0.25) is 17.7 Å². The molecule has 0 radical (unpaired) electrons. The minimum absolute atomic E-state index is 0.0537. The van der Waals surface area contributed by atoms with E-state index in [-0.39, 0.29) is 71.3 Å². The molecule has 6 amide bonds. The topological polar surface area (TPSA) is 209 Å². The van der Waals surface area contributed by atoms with Crippen molar-refractivity contribution in [1.82, 2.24) is 44.4 Å². The zero-order valence-corrected chi connectivity index (χ0v) is 36.5. The van der Waals surface area contributed by atoms with Crippen LogP contribution < -0.4 is 20.9 Å². The van der Waals surface area contributed by atoms with Crippen molar-refractivity contribution < 1.29 is 42.3 Å². The summed E-state index contributed by atoms with van der Waals surface area (Å²) < 4.78 is 37.4. The maximum atomic E-state index is 14.3. The highest BCUT2D eigenvalue weighted by molar-refractivity contribution is 6.25. The lowest BCUT2D eigenvalue weighted by Gasteiger charge is -2.39. The van der Waals surface area contributed by atoms with Crippen LogP contribution in [0.4, 0.5) is 26.0 Å². The molecule has 3 N–H and O–H groups in total. The van der Waals surface area contributed by atoms with E-state index in [1.807, 2.05) is 11.0 Å². The highest BCUT2D eigenvalue weighted by Crippen LogP contribution is 2.37. The third kappa shape index (κ3) is 8.15. The fourth-order valence-electron chi connectivity index (χ4n) is 10.7. The van der Waals surface area contributed by atoms with Gasteiger partial charge in [0.25, 0.3) is 24.1 Å². The van der Waals surface area contributed by atoms with E-state index in [9.17, 15) is 37.5 Å². The minimum atomic E-state index is -2.92. The number of hydrogen-bond acceptors (Lipinski definition) is 13. The molecule has 5 fully saturated rings. The molecule has 8 heterocycles. The molecule has 1 aromatic carbocycles. The second kappa shape index (κ2) is 17.8. The Bertz CT molecular complexity index is 2580. The first-order valence-electron chi connectivity index (χ1n) is 22.9. The lowest BCUT2D eigenvalue weighted by Crippen LogP contribution is -2.54. The highest BCUT2D eigenvalue weighted by atomic mass is 19.3. The SMILES string of the molecule is CN(CCCNc1cccc2c1C(=O)N(C1CCC(=O)NC1=O)C2=O)C1CCN(C(=O)C2CCC(n3cc(NC(=O)c4cnn5ccc(N6C[C@H]7C[C@@H]6CO7)nc45)c(C(F)F)n3)CC2)CC1. The number of rotatable bonds is 13. The van der Waals surface area contributed by atoms with Gasteiger partial charge >= 0.3 is 0 Å². The molecular formula is C45H52F2N12O7. The third-order valence-electron chi connectivity index (χ3n) is 14.3. The molecule has 348 valence electrons. The zero-order chi connectivity index (χ0) is 45.8. The summed E-state index contributed by atoms with van der Waals surface area (Å²) in [7, 11) is 2.07. The average molecular weight is 911 g/mol. The molecule has 3 aromatic heterocycles. The van der Waals surface area contributed by atoms with E-state index in [0.717, 1.165) is 37.1 Å². The van der Waals surface area contributed by atoms with E-state index in [0.29, 0.717) is 75.6 Å². The second-order valence-corrected chi connectivity index (χ2v) is 18.3. The van der Waals surface area contributed by atoms with Gasteiger partial charge in [-0.25, -0.2) is 18.3 Å². The number of hydrogen-bond donors (Lipinski definition) is 3. The zero-order valence-electron chi connectivity index (χ0n) is 36.5. The Labute approximate surface area is 378 Å². The number of likely N-dealkylation sites (tertiary alicyclic amines) is 1. The van der Waals surface area contributed by atoms with Crippen molar-refractivity contribution in [3.05, 3.63) is 65.2 Å². The smallest absolute Gasteiger partial charge is 0.284 e. The summed E-state index contributed by atoms with van der Waals surface area (Å²) in [5.74, 6) is -2.12. The van der Waals surface area contributed by atoms with Crippen LogP contribution in [0, 0.1) is 5.92 Å². The Morgan fingerprint density at radius 3 is 2.52 bits per heavy atom. The van der Waals surface area contributed by atoms with Gasteiger partial charge in [-0.05, 0) is 89.6 Å². The standard InChI is InChI=1S/C45H52F2N12O7/c1-54(16-3-15-48-32-5-2-4-30-37(32)45(65)59(44(30)64)34-10-11-36(60)52-42(34)62)26-12-17-55(18-13-26)43(63)25-6-8-27(9-7-25)58-23-33(38(53-58)39(46)47)50-41(61)31-21-49-57-19-14-35(51-40(31)57)56-22-29-20-28(56)24-66-29/h2,4-5,14,19,21,23,25-29,34,39,48H,3,6-13,15-18,20,22,24H2,1H3,(H,50,61)(H,52,60,62)/t25?,27?,28-,29-,34?/m1/s1. The number of carbonyl (C=O) groups is 6. The molecule has 10 rings (SSSR count). The van der Waals surface area contributed by atoms with Gasteiger partial charge in [0, 0.05) is 62.6 Å². The molecule has 4 aromatic rings. The maximum Gasteiger partial charge on any atom is 0.284 e. The van der Waals surface area contributed by atoms with E-state index in [4.69, 9.17) is 9.72 Å². The van der Waals surface area contributed by atoms with E-state index in [2.05, 4.69) is 43.0 Å². The second-order valence-electron chi connectivity index (χ2n) is 18.3. The average Bonchev–Trinajstić information content (AvgIpc) is 4.18. The summed E-state index contributed by atoms with van der Waals surface area (Å²) in [6, 6.07) is 6.13. The Balaban J connectivity index is 0.680. The summed E-state index contributed by atoms with van der Waals surface area (Å²) >= 11 is 0. The summed E-state index contributed by atoms with van der Waals surface area (Å²) in [5, 5.41) is 16.7. The number of nitrogens with zero attached hydrogens (tertiary/aromatic N) is 9. The van der Waals surface area contributed by atoms with Crippen molar-refractivity contribution in [2.75, 3.05) is 61.9 Å². The Morgan fingerprint density at radius 2 is 1.79 bits per heavy atom. The van der Waals surface area contributed by atoms with Gasteiger partial charge in [0.1, 0.15) is 17.4 Å². The number of carbonyl (C=O) groups excluding carboxylic acids is 6. The predicted octanol–water partition coefficient (Wildman–Crippen LogP) is 3.65. The van der Waals surface area contributed by atoms with E-state index < -0.39 is 47.7 Å². The van der Waals surface area contributed by atoms with Crippen molar-refractivity contribution in [3.63, 3.8) is 0 Å². The molecule has 1 unspecified atom stereocenters. The van der Waals surface area contributed by atoms with Crippen LogP contribution in [0.25, 0.3) is 5.65 Å². The molecule has 4 saturated heterocycles. The number of aromatic nitrogens is 5. The molecule has 3 atom stereocenters. The molecule has 5 aliphatic heterocycles. The number of nitrogens with one attached hydrogen (secondary N) is 3. The van der Waals surface area contributed by atoms with Crippen molar-refractivity contribution in [3.8, 4) is 0 Å². The number of amides is 6. The van der Waals surface area contributed by atoms with Crippen LogP contribution in [0.3, 0.4) is 0 Å². The minimum Gasteiger partial charge on any atom is -0.384 e. The van der Waals surface area contributed by atoms with Crippen LogP contribution in [-0.2, 0) is 19.1 Å². The number of halogens is 2. The van der Waals surface area contributed by atoms with Crippen LogP contribution in [0.1, 0.15) is 113 Å². The molecule has 2 bridgehead atoms. The van der Waals surface area contributed by atoms with Crippen LogP contribution >= 0.6 is 0 Å². The van der Waals surface area contributed by atoms with Gasteiger partial charge in [-0.3, -0.25) is 43.7 Å². The van der Waals surface area contributed by atoms with Crippen molar-refractivity contribution in [2.45, 2.75) is 101 Å². The molecule has 1 aliphatic carbocycles. The molecule has 1 saturated carbocycles. The largest absolute Gasteiger partial charge is 0.384 e. The summed E-state index contributed by atoms with van der Waals surface area (Å²) in [6.07, 6.45) is 7.65. The maximum absolute atomic E-state index is 14.3. The Hall–Kier alpha value is -6.35. The van der Waals surface area contributed by atoms with Crippen molar-refractivity contribution in [2.24, 2.45) is 5.92 Å². The first kappa shape index (κ1) is 43.5. The number of ether oxygens (including phenoxy) is 1. The number of morpholine rings is 1. The normalized spacial score (nSPS) is 24.6. The Morgan fingerprint density at radius 1 is 0.985 bits per heavy atom. The summed E-state index contributed by atoms with van der Waals surface area (Å²) in [5.41, 5.74) is 0.868. The molecule has 21 heteroatoms. The monoisotopic (exact) mass is 910 g/mol. The van der Waals surface area contributed by atoms with Crippen molar-refractivity contribution in [1.29, 1.82) is 0 Å². The highest BCUT2D eigenvalue weighted by Gasteiger charge is 2.46. The number of imide groups is 2. The van der Waals surface area contributed by atoms with Gasteiger partial charge in [-0.1, -0.05) is 6.07 Å². The van der Waals surface area contributed by atoms with E-state index in [1.54, 1.807) is 24.4 Å². The van der Waals surface area contributed by atoms with Crippen LogP contribution in [-0.4, -0.2) is 145 Å². The Kier molecular flexibility index (Phi) is 11.7. The first-order chi connectivity index (χ1) is 31.9. The number of anilines is 3. The molecule has 66 heavy (non-hydrogen) atoms. The lowest BCUT2D eigenvalue weighted by molar-refractivity contribution is -0.138. The lowest BCUT2D eigenvalue weighted by atomic mass is 9.84. The number of alkyl halides is 2. The van der Waals surface area contributed by atoms with Gasteiger partial charge in [0.05, 0.1) is 47.8 Å². The molecule has 6 aliphatic rings. The third-order valence-corrected chi connectivity index (χ3v) is 14.3. The number of benzene rings is 1. The van der Waals surface area contributed by atoms with Gasteiger partial charge in [-0.15, -0.1) is 0 Å². The quantitative estimate of drug-likeness (QED) is 0.130. The fraction of sp³-hybridized carbons (Fsp3) is 0.533. The van der Waals surface area contributed by atoms with Crippen LogP contribution in [0.15, 0.2) is 42.9 Å². The molecular weight excluding hydrogens is 859 g/mol. The summed E-state index contributed by atoms with van der Waals surface area (Å²) in [4.78, 5) is 90.1. The van der Waals surface area contributed by atoms with E-state index in [1.165, 1.54) is 21.6 Å². The summed E-state index contributed by atoms with van der Waals surface area (Å²) in [6.45, 7) is 3.92. The van der Waals surface area contributed by atoms with Gasteiger partial charge < -0.3 is 30.1 Å². The van der Waals surface area contributed by atoms with Crippen LogP contribution in [0.2, 0.25) is 0 Å². The number of piperidine rings is 2. The number of fused-ring (bicyclic) bond motifs is 4. The van der Waals surface area contributed by atoms with Crippen LogP contribution in [0.5, 0.6) is 0 Å². The van der Waals surface area contributed by atoms with Gasteiger partial charge in [0.15, 0.2) is 11.3 Å². The fourth-order valence-corrected chi connectivity index (χ4v) is 10.7. The molecule has 0 spiro atoms. The predicted molar refractivity (Wildman–Crippen MR) is 233 cm³/mol.